The monoisotopic (exact) mass is 382 g/mol. The SMILES string of the molecule is C/C=C\C(C)=C\[C@H](C)[C@H](C/C=C(/OC)C(=O)OC)O[Si](C)(C)C(C)(C)C. The zero-order chi connectivity index (χ0) is 20.5. The van der Waals surface area contributed by atoms with Crippen LogP contribution in [0.25, 0.3) is 0 Å². The van der Waals surface area contributed by atoms with Crippen molar-refractivity contribution >= 4 is 14.3 Å². The lowest BCUT2D eigenvalue weighted by Gasteiger charge is -2.40. The van der Waals surface area contributed by atoms with Crippen LogP contribution in [-0.2, 0) is 18.7 Å². The van der Waals surface area contributed by atoms with E-state index in [9.17, 15) is 4.79 Å². The van der Waals surface area contributed by atoms with Crippen LogP contribution in [0.15, 0.2) is 35.6 Å². The number of hydrogen-bond acceptors (Lipinski definition) is 4. The number of carbonyl (C=O) groups is 1. The Morgan fingerprint density at radius 1 is 1.15 bits per heavy atom. The van der Waals surface area contributed by atoms with Gasteiger partial charge in [-0.25, -0.2) is 4.79 Å². The minimum absolute atomic E-state index is 0.0362. The first-order valence-corrected chi connectivity index (χ1v) is 12.1. The Labute approximate surface area is 161 Å². The van der Waals surface area contributed by atoms with Crippen LogP contribution in [0.1, 0.15) is 48.0 Å². The molecule has 0 aromatic carbocycles. The van der Waals surface area contributed by atoms with E-state index in [4.69, 9.17) is 13.9 Å². The zero-order valence-electron chi connectivity index (χ0n) is 18.3. The zero-order valence-corrected chi connectivity index (χ0v) is 19.3. The number of esters is 1. The van der Waals surface area contributed by atoms with E-state index in [-0.39, 0.29) is 22.8 Å². The molecule has 150 valence electrons. The average molecular weight is 383 g/mol. The average Bonchev–Trinajstić information content (AvgIpc) is 2.52. The summed E-state index contributed by atoms with van der Waals surface area (Å²) in [6.45, 7) is 17.4. The lowest BCUT2D eigenvalue weighted by molar-refractivity contribution is -0.139. The Bertz CT molecular complexity index is 539. The Balaban J connectivity index is 5.64. The molecule has 0 bridgehead atoms. The second-order valence-corrected chi connectivity index (χ2v) is 12.9. The van der Waals surface area contributed by atoms with Gasteiger partial charge in [0.25, 0.3) is 0 Å². The van der Waals surface area contributed by atoms with Gasteiger partial charge in [0.05, 0.1) is 20.3 Å². The quantitative estimate of drug-likeness (QED) is 0.170. The second-order valence-electron chi connectivity index (χ2n) is 8.19. The van der Waals surface area contributed by atoms with Gasteiger partial charge in [-0.3, -0.25) is 0 Å². The van der Waals surface area contributed by atoms with Gasteiger partial charge in [0.2, 0.25) is 0 Å². The molecule has 0 aliphatic heterocycles. The molecule has 0 spiro atoms. The molecule has 0 N–H and O–H groups in total. The van der Waals surface area contributed by atoms with Gasteiger partial charge in [-0.15, -0.1) is 0 Å². The van der Waals surface area contributed by atoms with E-state index in [1.807, 2.05) is 13.0 Å². The molecule has 0 saturated carbocycles. The number of ether oxygens (including phenoxy) is 2. The molecule has 26 heavy (non-hydrogen) atoms. The highest BCUT2D eigenvalue weighted by Gasteiger charge is 2.39. The largest absolute Gasteiger partial charge is 0.490 e. The molecular weight excluding hydrogens is 344 g/mol. The van der Waals surface area contributed by atoms with Crippen molar-refractivity contribution in [1.82, 2.24) is 0 Å². The van der Waals surface area contributed by atoms with Crippen molar-refractivity contribution in [1.29, 1.82) is 0 Å². The molecule has 0 saturated heterocycles. The fourth-order valence-corrected chi connectivity index (χ4v) is 3.76. The summed E-state index contributed by atoms with van der Waals surface area (Å²) < 4.78 is 16.6. The fourth-order valence-electron chi connectivity index (χ4n) is 2.34. The molecule has 0 amide bonds. The smallest absolute Gasteiger partial charge is 0.372 e. The molecular formula is C21H38O4Si. The number of allylic oxidation sites excluding steroid dienone is 3. The minimum Gasteiger partial charge on any atom is -0.490 e. The van der Waals surface area contributed by atoms with E-state index in [0.717, 1.165) is 0 Å². The summed E-state index contributed by atoms with van der Waals surface area (Å²) in [4.78, 5) is 11.8. The maximum atomic E-state index is 11.8. The summed E-state index contributed by atoms with van der Waals surface area (Å²) >= 11 is 0. The molecule has 0 unspecified atom stereocenters. The van der Waals surface area contributed by atoms with Crippen LogP contribution in [0.2, 0.25) is 18.1 Å². The van der Waals surface area contributed by atoms with E-state index in [2.05, 4.69) is 59.9 Å². The molecule has 0 aromatic rings. The van der Waals surface area contributed by atoms with Crippen LogP contribution in [0.4, 0.5) is 0 Å². The van der Waals surface area contributed by atoms with Crippen LogP contribution in [0.5, 0.6) is 0 Å². The number of carbonyl (C=O) groups excluding carboxylic acids is 1. The van der Waals surface area contributed by atoms with Gasteiger partial charge in [0.15, 0.2) is 14.1 Å². The molecule has 0 aliphatic rings. The highest BCUT2D eigenvalue weighted by atomic mass is 28.4. The Morgan fingerprint density at radius 3 is 2.15 bits per heavy atom. The number of hydrogen-bond donors (Lipinski definition) is 0. The predicted molar refractivity (Wildman–Crippen MR) is 112 cm³/mol. The molecule has 0 heterocycles. The second kappa shape index (κ2) is 10.7. The molecule has 5 heteroatoms. The standard InChI is InChI=1S/C21H38O4Si/c1-11-12-16(2)15-17(3)18(25-26(9,10)21(4,5)6)13-14-19(23-7)20(22)24-8/h11-12,14-15,17-18H,13H2,1-10H3/b12-11-,16-15+,19-14+/t17-,18-/m0/s1. The number of methoxy groups -OCH3 is 2. The first-order valence-electron chi connectivity index (χ1n) is 9.21. The molecule has 0 radical (unpaired) electrons. The van der Waals surface area contributed by atoms with Crippen LogP contribution >= 0.6 is 0 Å². The van der Waals surface area contributed by atoms with E-state index in [1.54, 1.807) is 6.08 Å². The minimum atomic E-state index is -1.95. The lowest BCUT2D eigenvalue weighted by Crippen LogP contribution is -2.45. The summed E-state index contributed by atoms with van der Waals surface area (Å²) in [5.74, 6) is -0.0446. The maximum absolute atomic E-state index is 11.8. The van der Waals surface area contributed by atoms with Gasteiger partial charge in [-0.2, -0.15) is 0 Å². The maximum Gasteiger partial charge on any atom is 0.372 e. The first kappa shape index (κ1) is 24.7. The van der Waals surface area contributed by atoms with Gasteiger partial charge >= 0.3 is 5.97 Å². The van der Waals surface area contributed by atoms with Gasteiger partial charge in [0.1, 0.15) is 0 Å². The van der Waals surface area contributed by atoms with E-state index in [0.29, 0.717) is 6.42 Å². The Morgan fingerprint density at radius 2 is 1.73 bits per heavy atom. The predicted octanol–water partition coefficient (Wildman–Crippen LogP) is 5.63. The third-order valence-corrected chi connectivity index (χ3v) is 9.44. The normalized spacial score (nSPS) is 16.5. The van der Waals surface area contributed by atoms with E-state index < -0.39 is 14.3 Å². The first-order chi connectivity index (χ1) is 11.9. The van der Waals surface area contributed by atoms with Crippen molar-refractivity contribution < 1.29 is 18.7 Å². The van der Waals surface area contributed by atoms with Crippen LogP contribution in [0.3, 0.4) is 0 Å². The molecule has 2 atom stereocenters. The van der Waals surface area contributed by atoms with Crippen LogP contribution in [-0.4, -0.2) is 34.6 Å². The van der Waals surface area contributed by atoms with Crippen LogP contribution in [0, 0.1) is 5.92 Å². The van der Waals surface area contributed by atoms with Crippen molar-refractivity contribution in [2.75, 3.05) is 14.2 Å². The Hall–Kier alpha value is -1.33. The van der Waals surface area contributed by atoms with Gasteiger partial charge < -0.3 is 13.9 Å². The van der Waals surface area contributed by atoms with Gasteiger partial charge in [-0.05, 0) is 50.4 Å². The van der Waals surface area contributed by atoms with Crippen LogP contribution < -0.4 is 0 Å². The van der Waals surface area contributed by atoms with E-state index >= 15 is 0 Å². The highest BCUT2D eigenvalue weighted by molar-refractivity contribution is 6.74. The highest BCUT2D eigenvalue weighted by Crippen LogP contribution is 2.38. The summed E-state index contributed by atoms with van der Waals surface area (Å²) in [5, 5.41) is 0.114. The van der Waals surface area contributed by atoms with Crippen molar-refractivity contribution in [2.45, 2.75) is 72.2 Å². The Kier molecular flexibility index (Phi) is 10.2. The molecule has 0 aliphatic carbocycles. The van der Waals surface area contributed by atoms with Gasteiger partial charge in [0, 0.05) is 0 Å². The van der Waals surface area contributed by atoms with Crippen molar-refractivity contribution in [3.8, 4) is 0 Å². The van der Waals surface area contributed by atoms with Crippen molar-refractivity contribution in [2.24, 2.45) is 5.92 Å². The summed E-state index contributed by atoms with van der Waals surface area (Å²) in [5.41, 5.74) is 1.20. The molecule has 4 nitrogen and oxygen atoms in total. The molecule has 0 rings (SSSR count). The van der Waals surface area contributed by atoms with Gasteiger partial charge in [-0.1, -0.05) is 51.5 Å². The van der Waals surface area contributed by atoms with Crippen molar-refractivity contribution in [3.05, 3.63) is 35.6 Å². The summed E-state index contributed by atoms with van der Waals surface area (Å²) in [7, 11) is 0.878. The third kappa shape index (κ3) is 7.91. The summed E-state index contributed by atoms with van der Waals surface area (Å²) in [6.07, 6.45) is 8.67. The molecule has 0 fully saturated rings. The lowest BCUT2D eigenvalue weighted by atomic mass is 9.98. The van der Waals surface area contributed by atoms with Crippen molar-refractivity contribution in [3.63, 3.8) is 0 Å². The summed E-state index contributed by atoms with van der Waals surface area (Å²) in [6, 6.07) is 0. The molecule has 0 aromatic heterocycles. The fraction of sp³-hybridized carbons (Fsp3) is 0.667. The topological polar surface area (TPSA) is 44.8 Å². The third-order valence-electron chi connectivity index (χ3n) is 4.94. The number of rotatable bonds is 9. The van der Waals surface area contributed by atoms with E-state index in [1.165, 1.54) is 19.8 Å².